The Balaban J connectivity index is 4.51. The summed E-state index contributed by atoms with van der Waals surface area (Å²) in [6, 6.07) is 0.868. The first kappa shape index (κ1) is 14.8. The van der Waals surface area contributed by atoms with Crippen LogP contribution in [0.3, 0.4) is 0 Å². The number of hydrogen-bond donors (Lipinski definition) is 0. The van der Waals surface area contributed by atoms with Crippen LogP contribution in [-0.4, -0.2) is 28.1 Å². The van der Waals surface area contributed by atoms with E-state index in [-0.39, 0.29) is 6.10 Å². The zero-order valence-electron chi connectivity index (χ0n) is 10.4. The molecule has 90 valence electrons. The van der Waals surface area contributed by atoms with Gasteiger partial charge in [-0.15, -0.1) is 6.58 Å². The van der Waals surface area contributed by atoms with Gasteiger partial charge in [-0.25, -0.2) is 0 Å². The van der Waals surface area contributed by atoms with Crippen molar-refractivity contribution in [1.82, 2.24) is 0 Å². The van der Waals surface area contributed by atoms with E-state index < -0.39 is 8.80 Å². The minimum absolute atomic E-state index is 0.0127. The van der Waals surface area contributed by atoms with Crippen molar-refractivity contribution in [2.75, 3.05) is 13.2 Å². The van der Waals surface area contributed by atoms with Crippen LogP contribution in [0.25, 0.3) is 0 Å². The van der Waals surface area contributed by atoms with Crippen LogP contribution in [0.15, 0.2) is 12.7 Å². The molecule has 0 saturated heterocycles. The fraction of sp³-hybridized carbons (Fsp3) is 0.818. The maximum absolute atomic E-state index is 5.88. The molecule has 0 fully saturated rings. The Labute approximate surface area is 94.8 Å². The van der Waals surface area contributed by atoms with E-state index in [2.05, 4.69) is 13.5 Å². The van der Waals surface area contributed by atoms with Crippen molar-refractivity contribution in [1.29, 1.82) is 0 Å². The second-order valence-electron chi connectivity index (χ2n) is 3.36. The second kappa shape index (κ2) is 8.04. The largest absolute Gasteiger partial charge is 0.501 e. The van der Waals surface area contributed by atoms with Gasteiger partial charge in [-0.3, -0.25) is 0 Å². The van der Waals surface area contributed by atoms with Crippen LogP contribution in [0.5, 0.6) is 0 Å². The highest BCUT2D eigenvalue weighted by Gasteiger charge is 2.40. The van der Waals surface area contributed by atoms with Crippen LogP contribution in [0.1, 0.15) is 34.1 Å². The van der Waals surface area contributed by atoms with Crippen LogP contribution < -0.4 is 0 Å². The van der Waals surface area contributed by atoms with Crippen molar-refractivity contribution in [2.45, 2.75) is 46.3 Å². The standard InChI is InChI=1S/C11H24O3Si/c1-6-10-15(12-8-3,13-9-4)14-11(5)7-2/h7,11H,2,6,8-10H2,1,3-5H3. The van der Waals surface area contributed by atoms with Crippen molar-refractivity contribution in [2.24, 2.45) is 0 Å². The molecule has 0 heterocycles. The maximum Gasteiger partial charge on any atom is 0.501 e. The van der Waals surface area contributed by atoms with E-state index in [0.717, 1.165) is 12.5 Å². The van der Waals surface area contributed by atoms with E-state index in [4.69, 9.17) is 13.3 Å². The highest BCUT2D eigenvalue weighted by molar-refractivity contribution is 6.60. The average molecular weight is 232 g/mol. The first-order valence-corrected chi connectivity index (χ1v) is 7.65. The molecule has 0 bridgehead atoms. The third-order valence-electron chi connectivity index (χ3n) is 1.98. The summed E-state index contributed by atoms with van der Waals surface area (Å²) < 4.78 is 17.3. The molecular formula is C11H24O3Si. The minimum Gasteiger partial charge on any atom is -0.374 e. The van der Waals surface area contributed by atoms with Gasteiger partial charge in [0.1, 0.15) is 0 Å². The Morgan fingerprint density at radius 2 is 1.73 bits per heavy atom. The SMILES string of the molecule is C=CC(C)O[Si](CCC)(OCC)OCC. The van der Waals surface area contributed by atoms with E-state index in [1.807, 2.05) is 20.8 Å². The summed E-state index contributed by atoms with van der Waals surface area (Å²) in [5, 5.41) is 0. The molecule has 1 unspecified atom stereocenters. The second-order valence-corrected chi connectivity index (χ2v) is 6.04. The lowest BCUT2D eigenvalue weighted by molar-refractivity contribution is 0.0523. The van der Waals surface area contributed by atoms with Crippen molar-refractivity contribution >= 4 is 8.80 Å². The lowest BCUT2D eigenvalue weighted by atomic mass is 10.4. The van der Waals surface area contributed by atoms with Gasteiger partial charge in [0, 0.05) is 19.3 Å². The average Bonchev–Trinajstić information content (AvgIpc) is 2.18. The predicted octanol–water partition coefficient (Wildman–Crippen LogP) is 3.00. The Hall–Kier alpha value is -0.163. The Kier molecular flexibility index (Phi) is 7.96. The summed E-state index contributed by atoms with van der Waals surface area (Å²) >= 11 is 0. The Morgan fingerprint density at radius 1 is 1.20 bits per heavy atom. The fourth-order valence-electron chi connectivity index (χ4n) is 1.39. The van der Waals surface area contributed by atoms with E-state index in [1.165, 1.54) is 0 Å². The molecule has 3 nitrogen and oxygen atoms in total. The maximum atomic E-state index is 5.88. The van der Waals surface area contributed by atoms with Gasteiger partial charge in [0.25, 0.3) is 0 Å². The predicted molar refractivity (Wildman–Crippen MR) is 64.8 cm³/mol. The molecule has 4 heteroatoms. The van der Waals surface area contributed by atoms with Gasteiger partial charge in [-0.1, -0.05) is 19.4 Å². The van der Waals surface area contributed by atoms with Gasteiger partial charge in [-0.05, 0) is 20.8 Å². The molecular weight excluding hydrogens is 208 g/mol. The van der Waals surface area contributed by atoms with E-state index in [1.54, 1.807) is 6.08 Å². The van der Waals surface area contributed by atoms with Crippen molar-refractivity contribution in [3.8, 4) is 0 Å². The van der Waals surface area contributed by atoms with Crippen molar-refractivity contribution < 1.29 is 13.3 Å². The van der Waals surface area contributed by atoms with Crippen LogP contribution >= 0.6 is 0 Å². The first-order valence-electron chi connectivity index (χ1n) is 5.72. The molecule has 0 radical (unpaired) electrons. The zero-order valence-corrected chi connectivity index (χ0v) is 11.4. The molecule has 0 aliphatic heterocycles. The van der Waals surface area contributed by atoms with E-state index in [0.29, 0.717) is 13.2 Å². The van der Waals surface area contributed by atoms with Gasteiger partial charge >= 0.3 is 8.80 Å². The molecule has 0 aromatic heterocycles. The van der Waals surface area contributed by atoms with E-state index >= 15 is 0 Å². The molecule has 0 aromatic carbocycles. The van der Waals surface area contributed by atoms with Crippen LogP contribution in [0.2, 0.25) is 6.04 Å². The lowest BCUT2D eigenvalue weighted by Gasteiger charge is -2.30. The summed E-state index contributed by atoms with van der Waals surface area (Å²) in [4.78, 5) is 0. The third kappa shape index (κ3) is 5.46. The lowest BCUT2D eigenvalue weighted by Crippen LogP contribution is -2.47. The molecule has 1 atom stereocenters. The quantitative estimate of drug-likeness (QED) is 0.452. The molecule has 0 N–H and O–H groups in total. The smallest absolute Gasteiger partial charge is 0.374 e. The highest BCUT2D eigenvalue weighted by Crippen LogP contribution is 2.20. The molecule has 0 aliphatic carbocycles. The first-order chi connectivity index (χ1) is 7.14. The van der Waals surface area contributed by atoms with Crippen LogP contribution in [0, 0.1) is 0 Å². The highest BCUT2D eigenvalue weighted by atomic mass is 28.4. The molecule has 0 rings (SSSR count). The summed E-state index contributed by atoms with van der Waals surface area (Å²) in [5.74, 6) is 0. The van der Waals surface area contributed by atoms with E-state index in [9.17, 15) is 0 Å². The summed E-state index contributed by atoms with van der Waals surface area (Å²) in [5.41, 5.74) is 0. The molecule has 0 aromatic rings. The topological polar surface area (TPSA) is 27.7 Å². The monoisotopic (exact) mass is 232 g/mol. The van der Waals surface area contributed by atoms with Crippen LogP contribution in [-0.2, 0) is 13.3 Å². The van der Waals surface area contributed by atoms with Gasteiger partial charge in [0.2, 0.25) is 0 Å². The zero-order chi connectivity index (χ0) is 11.7. The molecule has 0 saturated carbocycles. The summed E-state index contributed by atoms with van der Waals surface area (Å²) in [7, 11) is -2.45. The Bertz CT molecular complexity index is 156. The van der Waals surface area contributed by atoms with Crippen LogP contribution in [0.4, 0.5) is 0 Å². The third-order valence-corrected chi connectivity index (χ3v) is 5.28. The Morgan fingerprint density at radius 3 is 2.07 bits per heavy atom. The van der Waals surface area contributed by atoms with Gasteiger partial charge in [0.15, 0.2) is 0 Å². The van der Waals surface area contributed by atoms with Gasteiger partial charge in [0.05, 0.1) is 6.10 Å². The van der Waals surface area contributed by atoms with Gasteiger partial charge in [-0.2, -0.15) is 0 Å². The molecule has 0 aliphatic rings. The fourth-order valence-corrected chi connectivity index (χ4v) is 4.17. The number of hydrogen-bond acceptors (Lipinski definition) is 3. The normalized spacial score (nSPS) is 13.9. The number of rotatable bonds is 9. The summed E-state index contributed by atoms with van der Waals surface area (Å²) in [6.45, 7) is 13.0. The molecule has 0 spiro atoms. The minimum atomic E-state index is -2.45. The molecule has 15 heavy (non-hydrogen) atoms. The van der Waals surface area contributed by atoms with Crippen molar-refractivity contribution in [3.63, 3.8) is 0 Å². The summed E-state index contributed by atoms with van der Waals surface area (Å²) in [6.07, 6.45) is 2.77. The van der Waals surface area contributed by atoms with Crippen molar-refractivity contribution in [3.05, 3.63) is 12.7 Å². The molecule has 0 amide bonds. The van der Waals surface area contributed by atoms with Gasteiger partial charge < -0.3 is 13.3 Å².